The lowest BCUT2D eigenvalue weighted by molar-refractivity contribution is -0.151. The highest BCUT2D eigenvalue weighted by atomic mass is 16.5. The maximum atomic E-state index is 12.8. The quantitative estimate of drug-likeness (QED) is 0.665. The Kier molecular flexibility index (Phi) is 3.15. The Hall–Kier alpha value is -1.81. The summed E-state index contributed by atoms with van der Waals surface area (Å²) >= 11 is 0. The molecule has 132 valence electrons. The van der Waals surface area contributed by atoms with Crippen LogP contribution in [0.5, 0.6) is 0 Å². The molecule has 3 aliphatic heterocycles. The van der Waals surface area contributed by atoms with Gasteiger partial charge in [0.05, 0.1) is 19.1 Å². The molecule has 5 atom stereocenters. The fraction of sp³-hybridized carbons (Fsp3) is 0.571. The first-order chi connectivity index (χ1) is 12.2. The molecule has 4 heteroatoms. The summed E-state index contributed by atoms with van der Waals surface area (Å²) in [5.74, 6) is -0.162. The number of hydrogen-bond donors (Lipinski definition) is 1. The van der Waals surface area contributed by atoms with Gasteiger partial charge < -0.3 is 10.1 Å². The molecule has 0 amide bonds. The summed E-state index contributed by atoms with van der Waals surface area (Å²) in [6, 6.07) is 9.30. The number of esters is 1. The highest BCUT2D eigenvalue weighted by Gasteiger charge is 2.69. The number of anilines is 1. The molecule has 1 saturated carbocycles. The summed E-state index contributed by atoms with van der Waals surface area (Å²) < 4.78 is 5.25. The van der Waals surface area contributed by atoms with Gasteiger partial charge in [-0.15, -0.1) is 0 Å². The van der Waals surface area contributed by atoms with E-state index in [1.807, 2.05) is 0 Å². The lowest BCUT2D eigenvalue weighted by atomic mass is 9.51. The van der Waals surface area contributed by atoms with Crippen molar-refractivity contribution in [3.63, 3.8) is 0 Å². The van der Waals surface area contributed by atoms with Crippen molar-refractivity contribution in [2.75, 3.05) is 25.5 Å². The third-order valence-corrected chi connectivity index (χ3v) is 7.46. The average Bonchev–Trinajstić information content (AvgIpc) is 3.21. The zero-order valence-electron chi connectivity index (χ0n) is 15.0. The topological polar surface area (TPSA) is 41.6 Å². The Bertz CT molecular complexity index is 760. The molecule has 5 rings (SSSR count). The van der Waals surface area contributed by atoms with Gasteiger partial charge in [-0.3, -0.25) is 9.69 Å². The van der Waals surface area contributed by atoms with Crippen molar-refractivity contribution in [2.24, 2.45) is 11.3 Å². The second kappa shape index (κ2) is 5.10. The van der Waals surface area contributed by atoms with Crippen LogP contribution in [-0.4, -0.2) is 43.2 Å². The second-order valence-electron chi connectivity index (χ2n) is 8.18. The van der Waals surface area contributed by atoms with Gasteiger partial charge in [-0.1, -0.05) is 37.3 Å². The van der Waals surface area contributed by atoms with E-state index < -0.39 is 0 Å². The van der Waals surface area contributed by atoms with Crippen molar-refractivity contribution in [3.8, 4) is 0 Å². The maximum absolute atomic E-state index is 12.8. The van der Waals surface area contributed by atoms with Gasteiger partial charge in [-0.2, -0.15) is 0 Å². The number of hydrogen-bond acceptors (Lipinski definition) is 4. The Morgan fingerprint density at radius 1 is 1.40 bits per heavy atom. The number of nitrogens with zero attached hydrogens (tertiary/aromatic N) is 1. The number of fused-ring (bicyclic) bond motifs is 1. The Morgan fingerprint density at radius 3 is 3.04 bits per heavy atom. The number of nitrogens with one attached hydrogen (secondary N) is 1. The molecule has 3 heterocycles. The van der Waals surface area contributed by atoms with E-state index in [1.165, 1.54) is 18.4 Å². The molecular weight excluding hydrogens is 312 g/mol. The van der Waals surface area contributed by atoms with Crippen molar-refractivity contribution >= 4 is 11.7 Å². The van der Waals surface area contributed by atoms with Crippen LogP contribution in [0.4, 0.5) is 5.69 Å². The molecular formula is C21H26N2O2. The number of benzene rings is 1. The molecule has 0 unspecified atom stereocenters. The highest BCUT2D eigenvalue weighted by molar-refractivity contribution is 5.78. The van der Waals surface area contributed by atoms with E-state index in [1.54, 1.807) is 0 Å². The number of carbonyl (C=O) groups excluding carboxylic acids is 1. The van der Waals surface area contributed by atoms with E-state index in [-0.39, 0.29) is 28.8 Å². The number of ether oxygens (including phenoxy) is 1. The lowest BCUT2D eigenvalue weighted by Crippen LogP contribution is -2.66. The van der Waals surface area contributed by atoms with Crippen LogP contribution in [0.1, 0.15) is 31.7 Å². The number of carbonyl (C=O) groups is 1. The standard InChI is InChI=1S/C21H26N2O2/c1-3-20-9-6-11-23-12-10-21(19(20)23)15-7-4-5-8-16(15)22-17(21)14(13-20)18(24)25-2/h4-9,14,17,19,22H,3,10-13H2,1-2H3/t14-,17-,19-,20-,21+/m0/s1. The summed E-state index contributed by atoms with van der Waals surface area (Å²) in [5, 5.41) is 3.74. The number of para-hydroxylation sites is 1. The predicted octanol–water partition coefficient (Wildman–Crippen LogP) is 2.95. The van der Waals surface area contributed by atoms with Crippen LogP contribution in [0, 0.1) is 11.3 Å². The zero-order chi connectivity index (χ0) is 17.2. The predicted molar refractivity (Wildman–Crippen MR) is 97.5 cm³/mol. The fourth-order valence-electron chi connectivity index (χ4n) is 6.59. The molecule has 0 radical (unpaired) electrons. The summed E-state index contributed by atoms with van der Waals surface area (Å²) in [6.07, 6.45) is 7.80. The molecule has 1 aliphatic carbocycles. The monoisotopic (exact) mass is 338 g/mol. The SMILES string of the molecule is CC[C@]12C=CCN3CC[C@]4(c5ccccc5N[C@H]4[C@@H](C(=O)OC)C1)[C@@H]32. The molecule has 1 spiro atoms. The lowest BCUT2D eigenvalue weighted by Gasteiger charge is -2.57. The van der Waals surface area contributed by atoms with Crippen LogP contribution in [0.2, 0.25) is 0 Å². The Labute approximate surface area is 149 Å². The van der Waals surface area contributed by atoms with Crippen LogP contribution < -0.4 is 5.32 Å². The van der Waals surface area contributed by atoms with Crippen LogP contribution >= 0.6 is 0 Å². The third kappa shape index (κ3) is 1.74. The van der Waals surface area contributed by atoms with Gasteiger partial charge in [-0.05, 0) is 37.4 Å². The van der Waals surface area contributed by atoms with E-state index in [9.17, 15) is 4.79 Å². The van der Waals surface area contributed by atoms with Gasteiger partial charge in [0.25, 0.3) is 0 Å². The molecule has 1 aromatic carbocycles. The van der Waals surface area contributed by atoms with Gasteiger partial charge in [0.2, 0.25) is 0 Å². The largest absolute Gasteiger partial charge is 0.469 e. The molecule has 1 saturated heterocycles. The minimum Gasteiger partial charge on any atom is -0.469 e. The molecule has 4 aliphatic rings. The molecule has 25 heavy (non-hydrogen) atoms. The third-order valence-electron chi connectivity index (χ3n) is 7.46. The van der Waals surface area contributed by atoms with Crippen LogP contribution in [0.3, 0.4) is 0 Å². The highest BCUT2D eigenvalue weighted by Crippen LogP contribution is 2.64. The number of rotatable bonds is 2. The van der Waals surface area contributed by atoms with E-state index in [0.29, 0.717) is 6.04 Å². The normalized spacial score (nSPS) is 40.8. The van der Waals surface area contributed by atoms with Crippen molar-refractivity contribution in [3.05, 3.63) is 42.0 Å². The maximum Gasteiger partial charge on any atom is 0.310 e. The van der Waals surface area contributed by atoms with Crippen molar-refractivity contribution in [2.45, 2.75) is 43.7 Å². The van der Waals surface area contributed by atoms with Crippen LogP contribution in [-0.2, 0) is 14.9 Å². The first-order valence-electron chi connectivity index (χ1n) is 9.52. The molecule has 2 fully saturated rings. The average molecular weight is 338 g/mol. The summed E-state index contributed by atoms with van der Waals surface area (Å²) in [7, 11) is 1.53. The van der Waals surface area contributed by atoms with Crippen molar-refractivity contribution in [1.82, 2.24) is 4.90 Å². The summed E-state index contributed by atoms with van der Waals surface area (Å²) in [5.41, 5.74) is 2.69. The fourth-order valence-corrected chi connectivity index (χ4v) is 6.59. The molecule has 1 N–H and O–H groups in total. The number of methoxy groups -OCH3 is 1. The first-order valence-corrected chi connectivity index (χ1v) is 9.52. The van der Waals surface area contributed by atoms with Gasteiger partial charge in [0, 0.05) is 29.1 Å². The molecule has 4 nitrogen and oxygen atoms in total. The Balaban J connectivity index is 1.75. The van der Waals surface area contributed by atoms with Gasteiger partial charge >= 0.3 is 5.97 Å². The van der Waals surface area contributed by atoms with Crippen LogP contribution in [0.25, 0.3) is 0 Å². The summed E-state index contributed by atoms with van der Waals surface area (Å²) in [6.45, 7) is 4.42. The molecule has 0 bridgehead atoms. The smallest absolute Gasteiger partial charge is 0.310 e. The van der Waals surface area contributed by atoms with Gasteiger partial charge in [0.15, 0.2) is 0 Å². The van der Waals surface area contributed by atoms with E-state index in [4.69, 9.17) is 4.74 Å². The molecule has 0 aromatic heterocycles. The molecule has 1 aromatic rings. The van der Waals surface area contributed by atoms with Crippen LogP contribution in [0.15, 0.2) is 36.4 Å². The Morgan fingerprint density at radius 2 is 2.24 bits per heavy atom. The first kappa shape index (κ1) is 15.4. The van der Waals surface area contributed by atoms with Crippen molar-refractivity contribution < 1.29 is 9.53 Å². The zero-order valence-corrected chi connectivity index (χ0v) is 15.0. The second-order valence-corrected chi connectivity index (χ2v) is 8.18. The van der Waals surface area contributed by atoms with E-state index in [0.717, 1.165) is 32.4 Å². The minimum atomic E-state index is -0.101. The van der Waals surface area contributed by atoms with E-state index in [2.05, 4.69) is 53.6 Å². The van der Waals surface area contributed by atoms with Gasteiger partial charge in [0.1, 0.15) is 0 Å². The van der Waals surface area contributed by atoms with Gasteiger partial charge in [-0.25, -0.2) is 0 Å². The summed E-state index contributed by atoms with van der Waals surface area (Å²) in [4.78, 5) is 15.4. The minimum absolute atomic E-state index is 0.00840. The van der Waals surface area contributed by atoms with Crippen molar-refractivity contribution in [1.29, 1.82) is 0 Å². The van der Waals surface area contributed by atoms with E-state index >= 15 is 0 Å².